The third-order valence-electron chi connectivity index (χ3n) is 4.66. The predicted octanol–water partition coefficient (Wildman–Crippen LogP) is 4.95. The maximum atomic E-state index is 12.4. The highest BCUT2D eigenvalue weighted by atomic mass is 16.2. The van der Waals surface area contributed by atoms with E-state index >= 15 is 0 Å². The van der Waals surface area contributed by atoms with Gasteiger partial charge in [-0.15, -0.1) is 0 Å². The van der Waals surface area contributed by atoms with Gasteiger partial charge in [-0.3, -0.25) is 14.5 Å². The van der Waals surface area contributed by atoms with E-state index in [1.165, 1.54) is 4.90 Å². The standard InChI is InChI=1S/C21H24N4O2/c1-4-13-25-20(26)18-12-9-16(14-19(18)21(25)27)23-22-15-7-10-17(11-8-15)24(5-2)6-3/h7-12,14H,4-6,13H2,1-3H3. The molecule has 1 aliphatic heterocycles. The Kier molecular flexibility index (Phi) is 5.64. The average molecular weight is 364 g/mol. The summed E-state index contributed by atoms with van der Waals surface area (Å²) < 4.78 is 0. The lowest BCUT2D eigenvalue weighted by atomic mass is 10.1. The minimum atomic E-state index is -0.252. The number of benzene rings is 2. The Labute approximate surface area is 159 Å². The summed E-state index contributed by atoms with van der Waals surface area (Å²) in [7, 11) is 0. The maximum Gasteiger partial charge on any atom is 0.261 e. The largest absolute Gasteiger partial charge is 0.372 e. The monoisotopic (exact) mass is 364 g/mol. The number of amides is 2. The van der Waals surface area contributed by atoms with Gasteiger partial charge >= 0.3 is 0 Å². The topological polar surface area (TPSA) is 65.3 Å². The summed E-state index contributed by atoms with van der Waals surface area (Å²) >= 11 is 0. The first kappa shape index (κ1) is 18.8. The van der Waals surface area contributed by atoms with Crippen molar-refractivity contribution in [3.8, 4) is 0 Å². The second-order valence-electron chi connectivity index (χ2n) is 6.38. The molecule has 2 amide bonds. The number of anilines is 1. The molecule has 27 heavy (non-hydrogen) atoms. The van der Waals surface area contributed by atoms with E-state index in [1.807, 2.05) is 31.2 Å². The van der Waals surface area contributed by atoms with Crippen molar-refractivity contribution in [3.63, 3.8) is 0 Å². The Morgan fingerprint density at radius 3 is 2.04 bits per heavy atom. The smallest absolute Gasteiger partial charge is 0.261 e. The summed E-state index contributed by atoms with van der Waals surface area (Å²) in [5.74, 6) is -0.482. The summed E-state index contributed by atoms with van der Waals surface area (Å²) in [5, 5.41) is 8.48. The number of nitrogens with zero attached hydrogens (tertiary/aromatic N) is 4. The van der Waals surface area contributed by atoms with Crippen molar-refractivity contribution >= 4 is 28.9 Å². The molecule has 0 aromatic heterocycles. The number of fused-ring (bicyclic) bond motifs is 1. The van der Waals surface area contributed by atoms with Crippen LogP contribution in [0.2, 0.25) is 0 Å². The van der Waals surface area contributed by atoms with Crippen molar-refractivity contribution in [1.29, 1.82) is 0 Å². The van der Waals surface area contributed by atoms with Gasteiger partial charge in [-0.1, -0.05) is 6.92 Å². The fourth-order valence-corrected chi connectivity index (χ4v) is 3.20. The van der Waals surface area contributed by atoms with E-state index in [4.69, 9.17) is 0 Å². The summed E-state index contributed by atoms with van der Waals surface area (Å²) in [6, 6.07) is 12.9. The molecule has 6 heteroatoms. The van der Waals surface area contributed by atoms with Crippen LogP contribution in [0.3, 0.4) is 0 Å². The van der Waals surface area contributed by atoms with E-state index in [9.17, 15) is 9.59 Å². The van der Waals surface area contributed by atoms with Gasteiger partial charge in [-0.25, -0.2) is 0 Å². The first-order valence-electron chi connectivity index (χ1n) is 9.36. The van der Waals surface area contributed by atoms with Gasteiger partial charge in [0.05, 0.1) is 22.5 Å². The number of azo groups is 1. The third kappa shape index (κ3) is 3.74. The van der Waals surface area contributed by atoms with Crippen LogP contribution < -0.4 is 4.90 Å². The SMILES string of the molecule is CCCN1C(=O)c2ccc(N=Nc3ccc(N(CC)CC)cc3)cc2C1=O. The highest BCUT2D eigenvalue weighted by Gasteiger charge is 2.34. The normalized spacial score (nSPS) is 13.5. The van der Waals surface area contributed by atoms with Gasteiger partial charge in [0.1, 0.15) is 0 Å². The Hall–Kier alpha value is -3.02. The molecule has 0 saturated heterocycles. The molecule has 0 atom stereocenters. The van der Waals surface area contributed by atoms with Gasteiger partial charge in [0.25, 0.3) is 11.8 Å². The van der Waals surface area contributed by atoms with Gasteiger partial charge in [-0.2, -0.15) is 10.2 Å². The van der Waals surface area contributed by atoms with Crippen LogP contribution in [-0.2, 0) is 0 Å². The number of carbonyl (C=O) groups excluding carboxylic acids is 2. The number of imide groups is 1. The molecule has 2 aromatic carbocycles. The predicted molar refractivity (Wildman–Crippen MR) is 106 cm³/mol. The Bertz CT molecular complexity index is 870. The van der Waals surface area contributed by atoms with Crippen molar-refractivity contribution in [3.05, 3.63) is 53.6 Å². The molecule has 140 valence electrons. The van der Waals surface area contributed by atoms with Crippen LogP contribution in [0.1, 0.15) is 47.9 Å². The lowest BCUT2D eigenvalue weighted by molar-refractivity contribution is 0.0654. The van der Waals surface area contributed by atoms with Gasteiger partial charge in [-0.05, 0) is 62.7 Å². The molecule has 0 saturated carbocycles. The summed E-state index contributed by atoms with van der Waals surface area (Å²) in [4.78, 5) is 28.2. The van der Waals surface area contributed by atoms with E-state index < -0.39 is 0 Å². The Morgan fingerprint density at radius 1 is 0.815 bits per heavy atom. The summed E-state index contributed by atoms with van der Waals surface area (Å²) in [6.45, 7) is 8.52. The van der Waals surface area contributed by atoms with Crippen molar-refractivity contribution in [2.45, 2.75) is 27.2 Å². The summed E-state index contributed by atoms with van der Waals surface area (Å²) in [6.07, 6.45) is 0.738. The molecular weight excluding hydrogens is 340 g/mol. The molecule has 0 radical (unpaired) electrons. The van der Waals surface area contributed by atoms with Gasteiger partial charge in [0.2, 0.25) is 0 Å². The van der Waals surface area contributed by atoms with Crippen molar-refractivity contribution < 1.29 is 9.59 Å². The molecule has 0 unspecified atom stereocenters. The van der Waals surface area contributed by atoms with Crippen LogP contribution in [0.15, 0.2) is 52.7 Å². The van der Waals surface area contributed by atoms with Crippen molar-refractivity contribution in [1.82, 2.24) is 4.90 Å². The molecule has 0 bridgehead atoms. The first-order valence-corrected chi connectivity index (χ1v) is 9.36. The third-order valence-corrected chi connectivity index (χ3v) is 4.66. The van der Waals surface area contributed by atoms with Gasteiger partial charge in [0, 0.05) is 25.3 Å². The highest BCUT2D eigenvalue weighted by Crippen LogP contribution is 2.28. The van der Waals surface area contributed by atoms with Gasteiger partial charge in [0.15, 0.2) is 0 Å². The second kappa shape index (κ2) is 8.12. The van der Waals surface area contributed by atoms with E-state index in [2.05, 4.69) is 29.0 Å². The zero-order chi connectivity index (χ0) is 19.4. The molecule has 0 aliphatic carbocycles. The van der Waals surface area contributed by atoms with Crippen LogP contribution in [0.4, 0.5) is 17.1 Å². The minimum absolute atomic E-state index is 0.229. The van der Waals surface area contributed by atoms with E-state index in [1.54, 1.807) is 18.2 Å². The maximum absolute atomic E-state index is 12.4. The summed E-state index contributed by atoms with van der Waals surface area (Å²) in [5.41, 5.74) is 3.29. The number of hydrogen-bond acceptors (Lipinski definition) is 5. The van der Waals surface area contributed by atoms with E-state index in [0.717, 1.165) is 30.9 Å². The van der Waals surface area contributed by atoms with Gasteiger partial charge < -0.3 is 4.90 Å². The number of hydrogen-bond donors (Lipinski definition) is 0. The molecule has 3 rings (SSSR count). The van der Waals surface area contributed by atoms with Crippen LogP contribution >= 0.6 is 0 Å². The van der Waals surface area contributed by atoms with Crippen molar-refractivity contribution in [2.24, 2.45) is 10.2 Å². The zero-order valence-electron chi connectivity index (χ0n) is 16.0. The molecule has 6 nitrogen and oxygen atoms in total. The number of carbonyl (C=O) groups is 2. The molecule has 0 N–H and O–H groups in total. The van der Waals surface area contributed by atoms with Crippen LogP contribution in [0.25, 0.3) is 0 Å². The fourth-order valence-electron chi connectivity index (χ4n) is 3.20. The van der Waals surface area contributed by atoms with Crippen LogP contribution in [0.5, 0.6) is 0 Å². The average Bonchev–Trinajstić information content (AvgIpc) is 2.93. The molecule has 0 fully saturated rings. The van der Waals surface area contributed by atoms with Crippen LogP contribution in [0, 0.1) is 0 Å². The molecule has 1 heterocycles. The quantitative estimate of drug-likeness (QED) is 0.515. The van der Waals surface area contributed by atoms with Crippen molar-refractivity contribution in [2.75, 3.05) is 24.5 Å². The van der Waals surface area contributed by atoms with Crippen LogP contribution in [-0.4, -0.2) is 36.3 Å². The lowest BCUT2D eigenvalue weighted by Gasteiger charge is -2.20. The second-order valence-corrected chi connectivity index (χ2v) is 6.38. The zero-order valence-corrected chi connectivity index (χ0v) is 16.0. The number of rotatable bonds is 7. The minimum Gasteiger partial charge on any atom is -0.372 e. The molecule has 0 spiro atoms. The van der Waals surface area contributed by atoms with E-state index in [0.29, 0.717) is 23.4 Å². The molecule has 1 aliphatic rings. The van der Waals surface area contributed by atoms with E-state index in [-0.39, 0.29) is 11.8 Å². The highest BCUT2D eigenvalue weighted by molar-refractivity contribution is 6.21. The molecular formula is C21H24N4O2. The first-order chi connectivity index (χ1) is 13.1. The fraction of sp³-hybridized carbons (Fsp3) is 0.333. The Morgan fingerprint density at radius 2 is 1.41 bits per heavy atom. The Balaban J connectivity index is 1.78. The molecule has 2 aromatic rings. The lowest BCUT2D eigenvalue weighted by Crippen LogP contribution is -2.30.